The van der Waals surface area contributed by atoms with Crippen molar-refractivity contribution in [2.75, 3.05) is 23.9 Å². The van der Waals surface area contributed by atoms with Gasteiger partial charge in [0.2, 0.25) is 0 Å². The van der Waals surface area contributed by atoms with Crippen molar-refractivity contribution < 1.29 is 0 Å². The van der Waals surface area contributed by atoms with Crippen LogP contribution in [0, 0.1) is 11.5 Å². The highest BCUT2D eigenvalue weighted by atomic mass is 32.1. The minimum absolute atomic E-state index is 0.721. The second kappa shape index (κ2) is 8.06. The molecule has 5 heteroatoms. The zero-order chi connectivity index (χ0) is 16.7. The van der Waals surface area contributed by atoms with Crippen molar-refractivity contribution in [1.82, 2.24) is 0 Å². The van der Waals surface area contributed by atoms with Crippen LogP contribution < -0.4 is 9.80 Å². The van der Waals surface area contributed by atoms with Crippen molar-refractivity contribution in [3.63, 3.8) is 0 Å². The van der Waals surface area contributed by atoms with E-state index in [2.05, 4.69) is 23.8 Å². The molecule has 0 N–H and O–H groups in total. The average Bonchev–Trinajstić information content (AvgIpc) is 2.62. The van der Waals surface area contributed by atoms with Crippen LogP contribution in [0.5, 0.6) is 0 Å². The Labute approximate surface area is 142 Å². The smallest absolute Gasteiger partial charge is 0.183 e. The molecule has 2 aromatic carbocycles. The fraction of sp³-hybridized carbons (Fsp3) is 0.111. The zero-order valence-electron chi connectivity index (χ0n) is 13.1. The molecule has 0 unspecified atom stereocenters. The van der Waals surface area contributed by atoms with Crippen LogP contribution in [0.15, 0.2) is 70.8 Å². The van der Waals surface area contributed by atoms with E-state index in [1.54, 1.807) is 18.7 Å². The molecule has 0 aliphatic rings. The van der Waals surface area contributed by atoms with Crippen LogP contribution in [0.2, 0.25) is 0 Å². The van der Waals surface area contributed by atoms with Crippen LogP contribution in [0.3, 0.4) is 0 Å². The number of aliphatic imine (C=N–C) groups is 1. The first-order valence-corrected chi connectivity index (χ1v) is 7.58. The number of rotatable bonds is 5. The number of hydrogen-bond donors (Lipinski definition) is 1. The van der Waals surface area contributed by atoms with Gasteiger partial charge in [-0.3, -0.25) is 4.90 Å². The first kappa shape index (κ1) is 16.7. The normalized spacial score (nSPS) is 11.3. The van der Waals surface area contributed by atoms with Crippen LogP contribution in [-0.2, 0) is 0 Å². The minimum Gasteiger partial charge on any atom is -0.329 e. The summed E-state index contributed by atoms with van der Waals surface area (Å²) in [5.74, 6) is 0.721. The summed E-state index contributed by atoms with van der Waals surface area (Å²) in [6, 6.07) is 17.6. The molecule has 2 rings (SSSR count). The number of thiol groups is 1. The molecule has 0 radical (unpaired) electrons. The highest BCUT2D eigenvalue weighted by Gasteiger charge is 2.06. The van der Waals surface area contributed by atoms with E-state index in [-0.39, 0.29) is 0 Å². The van der Waals surface area contributed by atoms with Gasteiger partial charge in [-0.15, -0.1) is 12.6 Å². The largest absolute Gasteiger partial charge is 0.329 e. The fourth-order valence-corrected chi connectivity index (χ4v) is 2.22. The van der Waals surface area contributed by atoms with E-state index in [9.17, 15) is 0 Å². The molecule has 0 saturated carbocycles. The molecule has 4 nitrogen and oxygen atoms in total. The van der Waals surface area contributed by atoms with E-state index in [0.717, 1.165) is 22.8 Å². The molecule has 0 heterocycles. The Bertz CT molecular complexity index is 730. The molecule has 23 heavy (non-hydrogen) atoms. The van der Waals surface area contributed by atoms with Crippen LogP contribution in [-0.4, -0.2) is 20.3 Å². The van der Waals surface area contributed by atoms with E-state index in [1.807, 2.05) is 66.5 Å². The SMILES string of the molecule is CN(C#N)c1ccc(N(C)C(=C/S)/N=C/c2ccccc2)cc1. The lowest BCUT2D eigenvalue weighted by atomic mass is 10.2. The predicted molar refractivity (Wildman–Crippen MR) is 100.0 cm³/mol. The summed E-state index contributed by atoms with van der Waals surface area (Å²) < 4.78 is 0. The molecule has 116 valence electrons. The lowest BCUT2D eigenvalue weighted by Gasteiger charge is -2.20. The molecule has 0 aliphatic heterocycles. The Balaban J connectivity index is 2.16. The van der Waals surface area contributed by atoms with Gasteiger partial charge in [0, 0.05) is 31.4 Å². The van der Waals surface area contributed by atoms with Crippen LogP contribution in [0.1, 0.15) is 5.56 Å². The Morgan fingerprint density at radius 2 is 1.65 bits per heavy atom. The van der Waals surface area contributed by atoms with Gasteiger partial charge < -0.3 is 4.90 Å². The molecule has 0 atom stereocenters. The number of benzene rings is 2. The second-order valence-corrected chi connectivity index (χ2v) is 5.15. The quantitative estimate of drug-likeness (QED) is 0.393. The molecule has 0 bridgehead atoms. The van der Waals surface area contributed by atoms with Gasteiger partial charge in [-0.05, 0) is 29.8 Å². The predicted octanol–water partition coefficient (Wildman–Crippen LogP) is 3.89. The van der Waals surface area contributed by atoms with Crippen LogP contribution in [0.25, 0.3) is 0 Å². The van der Waals surface area contributed by atoms with E-state index >= 15 is 0 Å². The Morgan fingerprint density at radius 1 is 1.04 bits per heavy atom. The summed E-state index contributed by atoms with van der Waals surface area (Å²) in [5, 5.41) is 10.6. The first-order chi connectivity index (χ1) is 11.2. The van der Waals surface area contributed by atoms with E-state index in [1.165, 1.54) is 4.90 Å². The third-order valence-electron chi connectivity index (χ3n) is 3.38. The van der Waals surface area contributed by atoms with Crippen molar-refractivity contribution in [2.24, 2.45) is 4.99 Å². The van der Waals surface area contributed by atoms with Gasteiger partial charge in [-0.25, -0.2) is 4.99 Å². The Hall–Kier alpha value is -2.71. The Kier molecular flexibility index (Phi) is 5.84. The van der Waals surface area contributed by atoms with E-state index < -0.39 is 0 Å². The molecule has 0 spiro atoms. The summed E-state index contributed by atoms with van der Waals surface area (Å²) in [4.78, 5) is 7.93. The van der Waals surface area contributed by atoms with E-state index in [0.29, 0.717) is 0 Å². The van der Waals surface area contributed by atoms with Crippen molar-refractivity contribution in [3.05, 3.63) is 71.4 Å². The maximum absolute atomic E-state index is 8.90. The van der Waals surface area contributed by atoms with Crippen molar-refractivity contribution >= 4 is 30.2 Å². The Morgan fingerprint density at radius 3 is 2.22 bits per heavy atom. The number of anilines is 2. The lowest BCUT2D eigenvalue weighted by molar-refractivity contribution is 1.07. The molecule has 0 aliphatic carbocycles. The molecule has 0 fully saturated rings. The summed E-state index contributed by atoms with van der Waals surface area (Å²) >= 11 is 4.25. The number of nitriles is 1. The standard InChI is InChI=1S/C18H18N4S/c1-21(14-19)16-8-10-17(11-9-16)22(2)18(13-23)20-12-15-6-4-3-5-7-15/h3-13,23H,1-2H3/b18-13+,20-12+. The summed E-state index contributed by atoms with van der Waals surface area (Å²) in [6.45, 7) is 0. The maximum Gasteiger partial charge on any atom is 0.183 e. The lowest BCUT2D eigenvalue weighted by Crippen LogP contribution is -2.15. The number of nitrogens with zero attached hydrogens (tertiary/aromatic N) is 4. The molecular formula is C18H18N4S. The topological polar surface area (TPSA) is 42.6 Å². The van der Waals surface area contributed by atoms with Gasteiger partial charge in [-0.1, -0.05) is 30.3 Å². The fourth-order valence-electron chi connectivity index (χ4n) is 1.98. The zero-order valence-corrected chi connectivity index (χ0v) is 14.0. The van der Waals surface area contributed by atoms with Gasteiger partial charge in [0.25, 0.3) is 0 Å². The maximum atomic E-state index is 8.90. The van der Waals surface area contributed by atoms with Gasteiger partial charge in [0.15, 0.2) is 6.19 Å². The molecule has 0 aromatic heterocycles. The van der Waals surface area contributed by atoms with Crippen molar-refractivity contribution in [2.45, 2.75) is 0 Å². The summed E-state index contributed by atoms with van der Waals surface area (Å²) in [7, 11) is 3.65. The third-order valence-corrected chi connectivity index (χ3v) is 3.61. The van der Waals surface area contributed by atoms with Crippen molar-refractivity contribution in [1.29, 1.82) is 5.26 Å². The van der Waals surface area contributed by atoms with Gasteiger partial charge in [-0.2, -0.15) is 5.26 Å². The number of hydrogen-bond acceptors (Lipinski definition) is 5. The summed E-state index contributed by atoms with van der Waals surface area (Å²) in [6.07, 6.45) is 3.88. The van der Waals surface area contributed by atoms with Gasteiger partial charge in [0.05, 0.1) is 5.69 Å². The average molecular weight is 322 g/mol. The molecule has 2 aromatic rings. The van der Waals surface area contributed by atoms with Gasteiger partial charge >= 0.3 is 0 Å². The van der Waals surface area contributed by atoms with Gasteiger partial charge in [0.1, 0.15) is 5.82 Å². The highest BCUT2D eigenvalue weighted by molar-refractivity contribution is 7.83. The van der Waals surface area contributed by atoms with E-state index in [4.69, 9.17) is 5.26 Å². The molecular weight excluding hydrogens is 304 g/mol. The third kappa shape index (κ3) is 4.38. The van der Waals surface area contributed by atoms with Crippen LogP contribution >= 0.6 is 12.6 Å². The molecule has 0 saturated heterocycles. The highest BCUT2D eigenvalue weighted by Crippen LogP contribution is 2.22. The van der Waals surface area contributed by atoms with Crippen LogP contribution in [0.4, 0.5) is 11.4 Å². The molecule has 0 amide bonds. The summed E-state index contributed by atoms with van der Waals surface area (Å²) in [5.41, 5.74) is 2.83. The van der Waals surface area contributed by atoms with Crippen molar-refractivity contribution in [3.8, 4) is 6.19 Å². The minimum atomic E-state index is 0.721. The first-order valence-electron chi connectivity index (χ1n) is 7.06. The monoisotopic (exact) mass is 322 g/mol. The second-order valence-electron chi connectivity index (χ2n) is 4.89.